The van der Waals surface area contributed by atoms with Crippen LogP contribution in [0.3, 0.4) is 0 Å². The van der Waals surface area contributed by atoms with E-state index in [1.165, 1.54) is 0 Å². The zero-order chi connectivity index (χ0) is 16.3. The third kappa shape index (κ3) is 3.48. The third-order valence-electron chi connectivity index (χ3n) is 3.45. The van der Waals surface area contributed by atoms with Crippen LogP contribution in [-0.4, -0.2) is 32.3 Å². The fraction of sp³-hybridized carbons (Fsp3) is 0.400. The Hall–Kier alpha value is -1.86. The number of aromatic amines is 1. The number of nitrogens with zero attached hydrogens (tertiary/aromatic N) is 1. The number of ether oxygens (including phenoxy) is 1. The van der Waals surface area contributed by atoms with Crippen molar-refractivity contribution in [2.75, 3.05) is 13.7 Å². The van der Waals surface area contributed by atoms with Crippen LogP contribution in [0.25, 0.3) is 0 Å². The molecule has 0 spiro atoms. The van der Waals surface area contributed by atoms with Crippen LogP contribution in [0.5, 0.6) is 5.75 Å². The highest BCUT2D eigenvalue weighted by atomic mass is 32.2. The SMILES string of the molecule is COc1ccc(C)cc1CCNS(=O)(=O)c1c(C)n[nH]c1C. The van der Waals surface area contributed by atoms with E-state index >= 15 is 0 Å². The van der Waals surface area contributed by atoms with Crippen molar-refractivity contribution in [2.24, 2.45) is 0 Å². The number of H-pyrrole nitrogens is 1. The van der Waals surface area contributed by atoms with Crippen molar-refractivity contribution < 1.29 is 13.2 Å². The van der Waals surface area contributed by atoms with Crippen LogP contribution in [0, 0.1) is 20.8 Å². The lowest BCUT2D eigenvalue weighted by Gasteiger charge is -2.11. The zero-order valence-electron chi connectivity index (χ0n) is 13.2. The first kappa shape index (κ1) is 16.5. The summed E-state index contributed by atoms with van der Waals surface area (Å²) < 4.78 is 32.6. The van der Waals surface area contributed by atoms with E-state index in [9.17, 15) is 8.42 Å². The van der Waals surface area contributed by atoms with Crippen molar-refractivity contribution in [1.29, 1.82) is 0 Å². The van der Waals surface area contributed by atoms with E-state index in [0.29, 0.717) is 24.4 Å². The highest BCUT2D eigenvalue weighted by molar-refractivity contribution is 7.89. The fourth-order valence-electron chi connectivity index (χ4n) is 2.43. The molecular formula is C15H21N3O3S. The maximum atomic E-state index is 12.3. The van der Waals surface area contributed by atoms with Crippen molar-refractivity contribution in [1.82, 2.24) is 14.9 Å². The average Bonchev–Trinajstić information content (AvgIpc) is 2.79. The number of rotatable bonds is 6. The summed E-state index contributed by atoms with van der Waals surface area (Å²) in [6.45, 7) is 5.65. The van der Waals surface area contributed by atoms with E-state index in [-0.39, 0.29) is 4.90 Å². The van der Waals surface area contributed by atoms with E-state index in [4.69, 9.17) is 4.74 Å². The van der Waals surface area contributed by atoms with Gasteiger partial charge in [0.05, 0.1) is 18.5 Å². The van der Waals surface area contributed by atoms with E-state index < -0.39 is 10.0 Å². The molecule has 120 valence electrons. The number of aryl methyl sites for hydroxylation is 3. The number of hydrogen-bond acceptors (Lipinski definition) is 4. The first-order chi connectivity index (χ1) is 10.3. The number of methoxy groups -OCH3 is 1. The lowest BCUT2D eigenvalue weighted by atomic mass is 10.1. The summed E-state index contributed by atoms with van der Waals surface area (Å²) in [7, 11) is -1.96. The van der Waals surface area contributed by atoms with Gasteiger partial charge in [-0.15, -0.1) is 0 Å². The standard InChI is InChI=1S/C15H21N3O3S/c1-10-5-6-14(21-4)13(9-10)7-8-16-22(19,20)15-11(2)17-18-12(15)3/h5-6,9,16H,7-8H2,1-4H3,(H,17,18). The topological polar surface area (TPSA) is 84.1 Å². The number of hydrogen-bond donors (Lipinski definition) is 2. The normalized spacial score (nSPS) is 11.6. The van der Waals surface area contributed by atoms with Gasteiger partial charge < -0.3 is 4.74 Å². The first-order valence-corrected chi connectivity index (χ1v) is 8.48. The largest absolute Gasteiger partial charge is 0.496 e. The minimum Gasteiger partial charge on any atom is -0.496 e. The second-order valence-corrected chi connectivity index (χ2v) is 6.93. The molecule has 0 radical (unpaired) electrons. The number of sulfonamides is 1. The van der Waals surface area contributed by atoms with Crippen molar-refractivity contribution in [3.05, 3.63) is 40.7 Å². The van der Waals surface area contributed by atoms with Crippen molar-refractivity contribution in [3.63, 3.8) is 0 Å². The van der Waals surface area contributed by atoms with Crippen molar-refractivity contribution in [2.45, 2.75) is 32.1 Å². The predicted octanol–water partition coefficient (Wildman–Crippen LogP) is 1.86. The third-order valence-corrected chi connectivity index (χ3v) is 5.17. The molecule has 0 aliphatic carbocycles. The lowest BCUT2D eigenvalue weighted by Crippen LogP contribution is -2.27. The Labute approximate surface area is 130 Å². The molecule has 0 saturated carbocycles. The van der Waals surface area contributed by atoms with Crippen LogP contribution >= 0.6 is 0 Å². The molecule has 0 bridgehead atoms. The minimum absolute atomic E-state index is 0.226. The van der Waals surface area contributed by atoms with Crippen molar-refractivity contribution in [3.8, 4) is 5.75 Å². The van der Waals surface area contributed by atoms with Crippen LogP contribution in [0.15, 0.2) is 23.1 Å². The Morgan fingerprint density at radius 1 is 1.27 bits per heavy atom. The maximum absolute atomic E-state index is 12.3. The molecule has 0 aliphatic heterocycles. The smallest absolute Gasteiger partial charge is 0.244 e. The van der Waals surface area contributed by atoms with Crippen LogP contribution in [0.4, 0.5) is 0 Å². The van der Waals surface area contributed by atoms with Crippen molar-refractivity contribution >= 4 is 10.0 Å². The molecule has 0 amide bonds. The van der Waals surface area contributed by atoms with Gasteiger partial charge in [0.15, 0.2) is 0 Å². The summed E-state index contributed by atoms with van der Waals surface area (Å²) in [6.07, 6.45) is 0.556. The van der Waals surface area contributed by atoms with Gasteiger partial charge in [0.1, 0.15) is 10.6 Å². The molecule has 0 saturated heterocycles. The Kier molecular flexibility index (Phi) is 4.87. The van der Waals surface area contributed by atoms with Crippen LogP contribution in [0.1, 0.15) is 22.5 Å². The van der Waals surface area contributed by atoms with Gasteiger partial charge in [-0.1, -0.05) is 17.7 Å². The highest BCUT2D eigenvalue weighted by Crippen LogP contribution is 2.20. The molecule has 22 heavy (non-hydrogen) atoms. The summed E-state index contributed by atoms with van der Waals surface area (Å²) in [5.41, 5.74) is 3.10. The molecule has 1 heterocycles. The summed E-state index contributed by atoms with van der Waals surface area (Å²) in [5.74, 6) is 0.764. The summed E-state index contributed by atoms with van der Waals surface area (Å²) >= 11 is 0. The van der Waals surface area contributed by atoms with Gasteiger partial charge in [-0.2, -0.15) is 5.10 Å². The molecular weight excluding hydrogens is 302 g/mol. The van der Waals surface area contributed by atoms with E-state index in [1.54, 1.807) is 21.0 Å². The predicted molar refractivity (Wildman–Crippen MR) is 84.7 cm³/mol. The monoisotopic (exact) mass is 323 g/mol. The zero-order valence-corrected chi connectivity index (χ0v) is 14.0. The summed E-state index contributed by atoms with van der Waals surface area (Å²) in [4.78, 5) is 0.226. The minimum atomic E-state index is -3.56. The fourth-order valence-corrected chi connectivity index (χ4v) is 3.83. The Morgan fingerprint density at radius 3 is 2.59 bits per heavy atom. The van der Waals surface area contributed by atoms with Gasteiger partial charge in [0.25, 0.3) is 0 Å². The van der Waals surface area contributed by atoms with Gasteiger partial charge in [0.2, 0.25) is 10.0 Å². The molecule has 1 aromatic carbocycles. The lowest BCUT2D eigenvalue weighted by molar-refractivity contribution is 0.409. The Morgan fingerprint density at radius 2 is 2.00 bits per heavy atom. The molecule has 6 nitrogen and oxygen atoms in total. The molecule has 0 aliphatic rings. The molecule has 2 rings (SSSR count). The summed E-state index contributed by atoms with van der Waals surface area (Å²) in [5, 5.41) is 6.61. The molecule has 7 heteroatoms. The molecule has 2 aromatic rings. The molecule has 0 unspecified atom stereocenters. The second-order valence-electron chi connectivity index (χ2n) is 5.23. The number of benzene rings is 1. The number of aromatic nitrogens is 2. The first-order valence-electron chi connectivity index (χ1n) is 7.00. The Balaban J connectivity index is 2.10. The van der Waals surface area contributed by atoms with Crippen LogP contribution in [-0.2, 0) is 16.4 Å². The Bertz CT molecular complexity index is 747. The van der Waals surface area contributed by atoms with Gasteiger partial charge in [-0.25, -0.2) is 13.1 Å². The average molecular weight is 323 g/mol. The van der Waals surface area contributed by atoms with E-state index in [1.807, 2.05) is 25.1 Å². The van der Waals surface area contributed by atoms with Gasteiger partial charge in [-0.05, 0) is 38.8 Å². The van der Waals surface area contributed by atoms with Gasteiger partial charge in [0, 0.05) is 6.54 Å². The van der Waals surface area contributed by atoms with Gasteiger partial charge >= 0.3 is 0 Å². The van der Waals surface area contributed by atoms with E-state index in [2.05, 4.69) is 14.9 Å². The second kappa shape index (κ2) is 6.50. The molecule has 2 N–H and O–H groups in total. The highest BCUT2D eigenvalue weighted by Gasteiger charge is 2.21. The summed E-state index contributed by atoms with van der Waals surface area (Å²) in [6, 6.07) is 5.86. The maximum Gasteiger partial charge on any atom is 0.244 e. The quantitative estimate of drug-likeness (QED) is 0.850. The van der Waals surface area contributed by atoms with Crippen LogP contribution in [0.2, 0.25) is 0 Å². The molecule has 1 aromatic heterocycles. The molecule has 0 atom stereocenters. The van der Waals surface area contributed by atoms with E-state index in [0.717, 1.165) is 16.9 Å². The number of nitrogens with one attached hydrogen (secondary N) is 2. The molecule has 0 fully saturated rings. The van der Waals surface area contributed by atoms with Crippen LogP contribution < -0.4 is 9.46 Å². The van der Waals surface area contributed by atoms with Gasteiger partial charge in [-0.3, -0.25) is 5.10 Å².